The summed E-state index contributed by atoms with van der Waals surface area (Å²) >= 11 is 0. The van der Waals surface area contributed by atoms with Gasteiger partial charge >= 0.3 is 0 Å². The van der Waals surface area contributed by atoms with E-state index in [1.165, 1.54) is 30.3 Å². The Labute approximate surface area is 89.3 Å². The van der Waals surface area contributed by atoms with Crippen molar-refractivity contribution in [1.82, 2.24) is 0 Å². The van der Waals surface area contributed by atoms with Crippen molar-refractivity contribution in [3.05, 3.63) is 44.5 Å². The first-order chi connectivity index (χ1) is 7.52. The molecule has 0 aliphatic carbocycles. The molecule has 0 radical (unpaired) electrons. The molecule has 0 heterocycles. The van der Waals surface area contributed by atoms with Gasteiger partial charge in [0.05, 0.1) is 15.9 Å². The average molecular weight is 220 g/mol. The second-order valence-corrected chi connectivity index (χ2v) is 2.26. The summed E-state index contributed by atoms with van der Waals surface area (Å²) in [5.41, 5.74) is -0.548. The van der Waals surface area contributed by atoms with E-state index in [1.54, 1.807) is 0 Å². The van der Waals surface area contributed by atoms with E-state index in [1.807, 2.05) is 0 Å². The van der Waals surface area contributed by atoms with Crippen LogP contribution in [0, 0.1) is 42.9 Å². The number of nitro groups is 2. The topological polar surface area (TPSA) is 134 Å². The van der Waals surface area contributed by atoms with Gasteiger partial charge in [-0.25, -0.2) is 0 Å². The van der Waals surface area contributed by atoms with Gasteiger partial charge in [-0.05, 0) is 6.07 Å². The summed E-state index contributed by atoms with van der Waals surface area (Å²) in [6, 6.07) is 7.07. The zero-order valence-corrected chi connectivity index (χ0v) is 7.73. The van der Waals surface area contributed by atoms with Crippen LogP contribution in [0.4, 0.5) is 11.4 Å². The van der Waals surface area contributed by atoms with Crippen LogP contribution >= 0.6 is 0 Å². The Morgan fingerprint density at radius 2 is 1.38 bits per heavy atom. The van der Waals surface area contributed by atoms with Crippen LogP contribution in [0.3, 0.4) is 0 Å². The molecule has 1 aromatic rings. The molecule has 0 atom stereocenters. The minimum atomic E-state index is -0.674. The van der Waals surface area contributed by atoms with Crippen molar-refractivity contribution < 1.29 is 9.85 Å². The molecule has 0 aliphatic rings. The molecule has 0 saturated heterocycles. The van der Waals surface area contributed by atoms with E-state index in [4.69, 9.17) is 10.5 Å². The van der Waals surface area contributed by atoms with Crippen LogP contribution in [-0.2, 0) is 0 Å². The largest absolute Gasteiger partial charge is 0.276 e. The summed E-state index contributed by atoms with van der Waals surface area (Å²) in [6.45, 7) is 0. The monoisotopic (exact) mass is 220 g/mol. The zero-order chi connectivity index (χ0) is 12.6. The molecule has 0 unspecified atom stereocenters. The standard InChI is InChI=1S/C6H4N2O4.C2N2/c9-7(10)5-2-1-3-6(4-5)8(11)12;3-1-2-4/h1-4H;. The Kier molecular flexibility index (Phi) is 5.24. The highest BCUT2D eigenvalue weighted by atomic mass is 16.6. The van der Waals surface area contributed by atoms with E-state index in [9.17, 15) is 20.2 Å². The van der Waals surface area contributed by atoms with Gasteiger partial charge in [-0.15, -0.1) is 0 Å². The van der Waals surface area contributed by atoms with Crippen LogP contribution in [0.1, 0.15) is 0 Å². The van der Waals surface area contributed by atoms with Gasteiger partial charge in [-0.3, -0.25) is 20.2 Å². The molecule has 0 aromatic heterocycles. The van der Waals surface area contributed by atoms with Crippen molar-refractivity contribution >= 4 is 11.4 Å². The predicted octanol–water partition coefficient (Wildman–Crippen LogP) is 1.54. The van der Waals surface area contributed by atoms with E-state index >= 15 is 0 Å². The van der Waals surface area contributed by atoms with E-state index in [0.717, 1.165) is 6.07 Å². The summed E-state index contributed by atoms with van der Waals surface area (Å²) in [5, 5.41) is 34.8. The predicted molar refractivity (Wildman–Crippen MR) is 51.0 cm³/mol. The van der Waals surface area contributed by atoms with Crippen molar-refractivity contribution in [2.45, 2.75) is 0 Å². The van der Waals surface area contributed by atoms with Gasteiger partial charge in [0.1, 0.15) is 0 Å². The highest BCUT2D eigenvalue weighted by Gasteiger charge is 2.11. The normalized spacial score (nSPS) is 7.62. The van der Waals surface area contributed by atoms with Crippen molar-refractivity contribution in [3.63, 3.8) is 0 Å². The Morgan fingerprint density at radius 3 is 1.62 bits per heavy atom. The van der Waals surface area contributed by atoms with Gasteiger partial charge in [0.15, 0.2) is 12.1 Å². The van der Waals surface area contributed by atoms with Crippen molar-refractivity contribution in [3.8, 4) is 12.1 Å². The molecule has 0 fully saturated rings. The minimum absolute atomic E-state index is 0.274. The maximum atomic E-state index is 10.2. The average Bonchev–Trinajstić information content (AvgIpc) is 2.29. The van der Waals surface area contributed by atoms with Crippen molar-refractivity contribution in [2.75, 3.05) is 0 Å². The molecule has 0 aliphatic heterocycles. The molecule has 8 nitrogen and oxygen atoms in total. The molecule has 80 valence electrons. The van der Waals surface area contributed by atoms with Crippen LogP contribution in [0.25, 0.3) is 0 Å². The molecular weight excluding hydrogens is 216 g/mol. The van der Waals surface area contributed by atoms with Crippen molar-refractivity contribution in [1.29, 1.82) is 10.5 Å². The Hall–Kier alpha value is -3.00. The lowest BCUT2D eigenvalue weighted by molar-refractivity contribution is -0.394. The molecule has 0 N–H and O–H groups in total. The molecule has 1 aromatic carbocycles. The van der Waals surface area contributed by atoms with Gasteiger partial charge in [-0.1, -0.05) is 0 Å². The highest BCUT2D eigenvalue weighted by molar-refractivity contribution is 5.42. The van der Waals surface area contributed by atoms with E-state index in [-0.39, 0.29) is 11.4 Å². The van der Waals surface area contributed by atoms with Gasteiger partial charge in [-0.2, -0.15) is 10.5 Å². The maximum Gasteiger partial charge on any atom is 0.276 e. The Morgan fingerprint density at radius 1 is 1.00 bits per heavy atom. The van der Waals surface area contributed by atoms with Gasteiger partial charge < -0.3 is 0 Å². The number of hydrogen-bond donors (Lipinski definition) is 0. The molecule has 1 rings (SSSR count). The molecular formula is C8H4N4O4. The Balaban J connectivity index is 0.000000487. The van der Waals surface area contributed by atoms with Crippen molar-refractivity contribution in [2.24, 2.45) is 0 Å². The fraction of sp³-hybridized carbons (Fsp3) is 0. The summed E-state index contributed by atoms with van der Waals surface area (Å²) in [5.74, 6) is 0. The van der Waals surface area contributed by atoms with Gasteiger partial charge in [0.25, 0.3) is 11.4 Å². The fourth-order valence-electron chi connectivity index (χ4n) is 0.720. The number of hydrogen-bond acceptors (Lipinski definition) is 6. The molecule has 0 spiro atoms. The second-order valence-electron chi connectivity index (χ2n) is 2.26. The summed E-state index contributed by atoms with van der Waals surface area (Å²) < 4.78 is 0. The lowest BCUT2D eigenvalue weighted by atomic mass is 10.3. The smallest absolute Gasteiger partial charge is 0.258 e. The number of nitrogens with zero attached hydrogens (tertiary/aromatic N) is 4. The lowest BCUT2D eigenvalue weighted by Gasteiger charge is -1.90. The molecule has 8 heteroatoms. The van der Waals surface area contributed by atoms with Gasteiger partial charge in [0, 0.05) is 12.1 Å². The highest BCUT2D eigenvalue weighted by Crippen LogP contribution is 2.18. The molecule has 16 heavy (non-hydrogen) atoms. The minimum Gasteiger partial charge on any atom is -0.258 e. The number of nitriles is 2. The van der Waals surface area contributed by atoms with Crippen LogP contribution in [0.5, 0.6) is 0 Å². The molecule has 0 amide bonds. The quantitative estimate of drug-likeness (QED) is 0.547. The first-order valence-corrected chi connectivity index (χ1v) is 3.70. The third kappa shape index (κ3) is 4.30. The first kappa shape index (κ1) is 13.0. The maximum absolute atomic E-state index is 10.2. The molecule has 0 saturated carbocycles. The SMILES string of the molecule is N#CC#N.O=[N+]([O-])c1cccc([N+](=O)[O-])c1. The van der Waals surface area contributed by atoms with E-state index in [2.05, 4.69) is 0 Å². The van der Waals surface area contributed by atoms with Crippen LogP contribution in [-0.4, -0.2) is 9.85 Å². The number of nitro benzene ring substituents is 2. The first-order valence-electron chi connectivity index (χ1n) is 3.70. The number of rotatable bonds is 2. The summed E-state index contributed by atoms with van der Waals surface area (Å²) in [4.78, 5) is 19.0. The zero-order valence-electron chi connectivity index (χ0n) is 7.73. The van der Waals surface area contributed by atoms with Crippen LogP contribution in [0.2, 0.25) is 0 Å². The third-order valence-corrected chi connectivity index (χ3v) is 1.30. The Bertz CT molecular complexity index is 444. The second kappa shape index (κ2) is 6.45. The van der Waals surface area contributed by atoms with E-state index in [0.29, 0.717) is 0 Å². The fourth-order valence-corrected chi connectivity index (χ4v) is 0.720. The number of non-ortho nitro benzene ring substituents is 2. The third-order valence-electron chi connectivity index (χ3n) is 1.30. The van der Waals surface area contributed by atoms with Gasteiger partial charge in [0.2, 0.25) is 0 Å². The summed E-state index contributed by atoms with van der Waals surface area (Å²) in [6.07, 6.45) is 0. The van der Waals surface area contributed by atoms with E-state index < -0.39 is 9.85 Å². The lowest BCUT2D eigenvalue weighted by Crippen LogP contribution is -1.91. The molecule has 0 bridgehead atoms. The summed E-state index contributed by atoms with van der Waals surface area (Å²) in [7, 11) is 0. The van der Waals surface area contributed by atoms with Crippen LogP contribution in [0.15, 0.2) is 24.3 Å². The number of benzene rings is 1. The van der Waals surface area contributed by atoms with Crippen LogP contribution < -0.4 is 0 Å².